The van der Waals surface area contributed by atoms with Gasteiger partial charge in [-0.3, -0.25) is 0 Å². The normalized spacial score (nSPS) is 13.3. The molecule has 0 radical (unpaired) electrons. The number of rotatable bonds is 6. The number of thioether (sulfide) groups is 1. The summed E-state index contributed by atoms with van der Waals surface area (Å²) in [5, 5.41) is 8.90. The summed E-state index contributed by atoms with van der Waals surface area (Å²) in [5.41, 5.74) is 0. The molecule has 0 aromatic carbocycles. The van der Waals surface area contributed by atoms with Gasteiger partial charge < -0.3 is 9.53 Å². The molecule has 1 N–H and O–H groups in total. The van der Waals surface area contributed by atoms with Crippen molar-refractivity contribution in [2.75, 3.05) is 24.7 Å². The smallest absolute Gasteiger partial charge is 0.192 e. The lowest BCUT2D eigenvalue weighted by Crippen LogP contribution is -2.41. The molecule has 0 saturated carbocycles. The van der Waals surface area contributed by atoms with E-state index in [1.807, 2.05) is 0 Å². The summed E-state index contributed by atoms with van der Waals surface area (Å²) in [5.74, 6) is 1.81. The predicted molar refractivity (Wildman–Crippen MR) is 67.6 cm³/mol. The van der Waals surface area contributed by atoms with Gasteiger partial charge in [0.1, 0.15) is 0 Å². The first-order valence-electron chi connectivity index (χ1n) is 5.14. The van der Waals surface area contributed by atoms with Gasteiger partial charge in [-0.15, -0.1) is 0 Å². The van der Waals surface area contributed by atoms with Crippen molar-refractivity contribution in [1.82, 2.24) is 0 Å². The zero-order valence-electron chi connectivity index (χ0n) is 10.1. The van der Waals surface area contributed by atoms with Crippen LogP contribution in [0.2, 0.25) is 18.1 Å². The zero-order chi connectivity index (χ0) is 11.2. The molecule has 0 unspecified atom stereocenters. The SMILES string of the molecule is CC(C)(C)[Si](C)(C)OCCSCCO. The summed E-state index contributed by atoms with van der Waals surface area (Å²) in [7, 11) is -1.54. The van der Waals surface area contributed by atoms with E-state index in [0.717, 1.165) is 18.1 Å². The molecule has 0 aromatic heterocycles. The molecule has 0 atom stereocenters. The van der Waals surface area contributed by atoms with Crippen molar-refractivity contribution in [3.05, 3.63) is 0 Å². The molecule has 0 aliphatic rings. The van der Waals surface area contributed by atoms with Crippen molar-refractivity contribution in [3.63, 3.8) is 0 Å². The average molecular weight is 236 g/mol. The van der Waals surface area contributed by atoms with E-state index >= 15 is 0 Å². The molecule has 0 heterocycles. The maximum atomic E-state index is 8.60. The molecule has 0 aliphatic carbocycles. The highest BCUT2D eigenvalue weighted by molar-refractivity contribution is 7.99. The van der Waals surface area contributed by atoms with Gasteiger partial charge in [-0.25, -0.2) is 0 Å². The molecule has 0 saturated heterocycles. The van der Waals surface area contributed by atoms with Crippen LogP contribution in [-0.4, -0.2) is 38.1 Å². The van der Waals surface area contributed by atoms with Gasteiger partial charge >= 0.3 is 0 Å². The average Bonchev–Trinajstić information content (AvgIpc) is 2.02. The third-order valence-corrected chi connectivity index (χ3v) is 8.20. The number of aliphatic hydroxyl groups excluding tert-OH is 1. The van der Waals surface area contributed by atoms with Gasteiger partial charge in [0.2, 0.25) is 0 Å². The van der Waals surface area contributed by atoms with E-state index in [0.29, 0.717) is 5.04 Å². The Balaban J connectivity index is 3.67. The first-order chi connectivity index (χ1) is 6.31. The Hall–Kier alpha value is 0.487. The molecule has 0 amide bonds. The maximum absolute atomic E-state index is 8.60. The van der Waals surface area contributed by atoms with Crippen LogP contribution in [0, 0.1) is 0 Å². The second kappa shape index (κ2) is 6.15. The van der Waals surface area contributed by atoms with Gasteiger partial charge in [0.05, 0.1) is 6.61 Å². The quantitative estimate of drug-likeness (QED) is 0.568. The van der Waals surface area contributed by atoms with Gasteiger partial charge in [-0.1, -0.05) is 20.8 Å². The van der Waals surface area contributed by atoms with Gasteiger partial charge in [0, 0.05) is 18.1 Å². The van der Waals surface area contributed by atoms with E-state index in [-0.39, 0.29) is 6.61 Å². The van der Waals surface area contributed by atoms with Gasteiger partial charge in [-0.05, 0) is 18.1 Å². The van der Waals surface area contributed by atoms with E-state index in [1.165, 1.54) is 0 Å². The molecule has 86 valence electrons. The van der Waals surface area contributed by atoms with Crippen LogP contribution in [0.25, 0.3) is 0 Å². The molecular weight excluding hydrogens is 212 g/mol. The van der Waals surface area contributed by atoms with Gasteiger partial charge in [0.25, 0.3) is 0 Å². The minimum Gasteiger partial charge on any atom is -0.416 e. The fourth-order valence-corrected chi connectivity index (χ4v) is 2.47. The molecular formula is C10H24O2SSi. The summed E-state index contributed by atoms with van der Waals surface area (Å²) in [6, 6.07) is 0. The fraction of sp³-hybridized carbons (Fsp3) is 1.00. The second-order valence-electron chi connectivity index (χ2n) is 4.94. The highest BCUT2D eigenvalue weighted by Crippen LogP contribution is 2.36. The number of aliphatic hydroxyl groups is 1. The Labute approximate surface area is 93.6 Å². The summed E-state index contributed by atoms with van der Waals surface area (Å²) in [6.45, 7) is 12.4. The minimum atomic E-state index is -1.54. The van der Waals surface area contributed by atoms with Crippen LogP contribution >= 0.6 is 11.8 Å². The third-order valence-electron chi connectivity index (χ3n) is 2.73. The Kier molecular flexibility index (Phi) is 6.37. The maximum Gasteiger partial charge on any atom is 0.192 e. The van der Waals surface area contributed by atoms with E-state index in [2.05, 4.69) is 33.9 Å². The van der Waals surface area contributed by atoms with Gasteiger partial charge in [-0.2, -0.15) is 11.8 Å². The Morgan fingerprint density at radius 2 is 1.79 bits per heavy atom. The standard InChI is InChI=1S/C10H24O2SSi/c1-10(2,3)14(4,5)12-7-9-13-8-6-11/h11H,6-9H2,1-5H3. The first-order valence-corrected chi connectivity index (χ1v) is 9.20. The molecule has 0 rings (SSSR count). The fourth-order valence-electron chi connectivity index (χ4n) is 0.739. The highest BCUT2D eigenvalue weighted by atomic mass is 32.2. The van der Waals surface area contributed by atoms with Crippen LogP contribution in [0.4, 0.5) is 0 Å². The first kappa shape index (κ1) is 14.5. The monoisotopic (exact) mass is 236 g/mol. The molecule has 0 bridgehead atoms. The molecule has 0 aliphatic heterocycles. The predicted octanol–water partition coefficient (Wildman–Crippen LogP) is 2.73. The molecule has 0 aromatic rings. The van der Waals surface area contributed by atoms with Crippen molar-refractivity contribution >= 4 is 20.1 Å². The summed E-state index contributed by atoms with van der Waals surface area (Å²) in [6.07, 6.45) is 0. The Bertz CT molecular complexity index is 155. The third kappa shape index (κ3) is 5.39. The Morgan fingerprint density at radius 3 is 2.21 bits per heavy atom. The van der Waals surface area contributed by atoms with Gasteiger partial charge in [0.15, 0.2) is 8.32 Å². The lowest BCUT2D eigenvalue weighted by molar-refractivity contribution is 0.310. The summed E-state index contributed by atoms with van der Waals surface area (Å²) in [4.78, 5) is 0. The highest BCUT2D eigenvalue weighted by Gasteiger charge is 2.36. The molecule has 14 heavy (non-hydrogen) atoms. The van der Waals surface area contributed by atoms with E-state index in [4.69, 9.17) is 9.53 Å². The molecule has 2 nitrogen and oxygen atoms in total. The number of hydrogen-bond donors (Lipinski definition) is 1. The van der Waals surface area contributed by atoms with Crippen LogP contribution < -0.4 is 0 Å². The van der Waals surface area contributed by atoms with Crippen LogP contribution in [0.15, 0.2) is 0 Å². The largest absolute Gasteiger partial charge is 0.416 e. The number of hydrogen-bond acceptors (Lipinski definition) is 3. The van der Waals surface area contributed by atoms with Crippen LogP contribution in [0.1, 0.15) is 20.8 Å². The van der Waals surface area contributed by atoms with E-state index < -0.39 is 8.32 Å². The van der Waals surface area contributed by atoms with Crippen LogP contribution in [0.3, 0.4) is 0 Å². The van der Waals surface area contributed by atoms with Crippen LogP contribution in [-0.2, 0) is 4.43 Å². The van der Waals surface area contributed by atoms with Crippen LogP contribution in [0.5, 0.6) is 0 Å². The van der Waals surface area contributed by atoms with E-state index in [9.17, 15) is 0 Å². The summed E-state index contributed by atoms with van der Waals surface area (Å²) >= 11 is 1.75. The van der Waals surface area contributed by atoms with Crippen molar-refractivity contribution in [1.29, 1.82) is 0 Å². The second-order valence-corrected chi connectivity index (χ2v) is 11.0. The lowest BCUT2D eigenvalue weighted by Gasteiger charge is -2.36. The summed E-state index contributed by atoms with van der Waals surface area (Å²) < 4.78 is 5.98. The van der Waals surface area contributed by atoms with Crippen molar-refractivity contribution in [2.45, 2.75) is 38.9 Å². The van der Waals surface area contributed by atoms with Crippen molar-refractivity contribution < 1.29 is 9.53 Å². The lowest BCUT2D eigenvalue weighted by atomic mass is 10.2. The van der Waals surface area contributed by atoms with E-state index in [1.54, 1.807) is 11.8 Å². The Morgan fingerprint density at radius 1 is 1.21 bits per heavy atom. The van der Waals surface area contributed by atoms with Crippen molar-refractivity contribution in [3.8, 4) is 0 Å². The zero-order valence-corrected chi connectivity index (χ0v) is 11.9. The minimum absolute atomic E-state index is 0.269. The molecule has 0 fully saturated rings. The molecule has 0 spiro atoms. The molecule has 4 heteroatoms. The van der Waals surface area contributed by atoms with Crippen molar-refractivity contribution in [2.24, 2.45) is 0 Å². The topological polar surface area (TPSA) is 29.5 Å².